The predicted octanol–water partition coefficient (Wildman–Crippen LogP) is 5.47. The summed E-state index contributed by atoms with van der Waals surface area (Å²) in [6.07, 6.45) is 2.22. The van der Waals surface area contributed by atoms with Crippen LogP contribution in [0.5, 0.6) is 0 Å². The van der Waals surface area contributed by atoms with Crippen molar-refractivity contribution in [2.75, 3.05) is 11.1 Å². The van der Waals surface area contributed by atoms with E-state index in [1.807, 2.05) is 6.07 Å². The lowest BCUT2D eigenvalue weighted by molar-refractivity contribution is 0.584. The molecule has 0 bridgehead atoms. The van der Waals surface area contributed by atoms with Gasteiger partial charge < -0.3 is 11.1 Å². The van der Waals surface area contributed by atoms with Crippen molar-refractivity contribution in [1.82, 2.24) is 14.4 Å². The summed E-state index contributed by atoms with van der Waals surface area (Å²) in [7, 11) is 0. The van der Waals surface area contributed by atoms with E-state index in [4.69, 9.17) is 5.73 Å². The number of benzene rings is 2. The van der Waals surface area contributed by atoms with Crippen LogP contribution in [0.1, 0.15) is 24.1 Å². The smallest absolute Gasteiger partial charge is 0.263 e. The Hall–Kier alpha value is -5.17. The Kier molecular flexibility index (Phi) is 6.26. The highest BCUT2D eigenvalue weighted by atomic mass is 19.1. The van der Waals surface area contributed by atoms with Gasteiger partial charge in [0.2, 0.25) is 0 Å². The summed E-state index contributed by atoms with van der Waals surface area (Å²) < 4.78 is 44.4. The highest BCUT2D eigenvalue weighted by Gasteiger charge is 2.26. The molecular formula is C28H19F3N6O. The number of hydrogen-bond acceptors (Lipinski definition) is 6. The van der Waals surface area contributed by atoms with Crippen LogP contribution in [-0.2, 0) is 0 Å². The van der Waals surface area contributed by atoms with Crippen LogP contribution >= 0.6 is 0 Å². The number of nitrogen functional groups attached to an aromatic ring is 1. The third-order valence-corrected chi connectivity index (χ3v) is 6.13. The molecule has 0 radical (unpaired) electrons. The van der Waals surface area contributed by atoms with Crippen LogP contribution in [0.15, 0.2) is 78.0 Å². The fourth-order valence-electron chi connectivity index (χ4n) is 4.56. The minimum absolute atomic E-state index is 0.00135. The predicted molar refractivity (Wildman–Crippen MR) is 138 cm³/mol. The number of nitrogens with zero attached hydrogens (tertiary/aromatic N) is 4. The number of fused-ring (bicyclic) bond motifs is 1. The number of aromatic nitrogens is 3. The lowest BCUT2D eigenvalue weighted by atomic mass is 9.88. The Morgan fingerprint density at radius 2 is 1.66 bits per heavy atom. The summed E-state index contributed by atoms with van der Waals surface area (Å²) in [4.78, 5) is 21.8. The van der Waals surface area contributed by atoms with Crippen LogP contribution in [0.2, 0.25) is 0 Å². The Morgan fingerprint density at radius 3 is 2.34 bits per heavy atom. The summed E-state index contributed by atoms with van der Waals surface area (Å²) in [6, 6.07) is 15.4. The Bertz CT molecular complexity index is 1780. The Balaban J connectivity index is 1.91. The molecule has 3 N–H and O–H groups in total. The maximum Gasteiger partial charge on any atom is 0.263 e. The molecule has 0 aliphatic rings. The molecule has 0 aliphatic heterocycles. The van der Waals surface area contributed by atoms with Gasteiger partial charge in [-0.3, -0.25) is 9.20 Å². The number of nitrogens with one attached hydrogen (secondary N) is 1. The minimum atomic E-state index is -0.824. The molecule has 3 aromatic heterocycles. The third kappa shape index (κ3) is 4.30. The van der Waals surface area contributed by atoms with Crippen LogP contribution in [0.3, 0.4) is 0 Å². The second-order valence-electron chi connectivity index (χ2n) is 8.56. The topological polar surface area (TPSA) is 109 Å². The van der Waals surface area contributed by atoms with E-state index in [-0.39, 0.29) is 33.8 Å². The summed E-state index contributed by atoms with van der Waals surface area (Å²) in [5.41, 5.74) is 7.00. The first-order valence-corrected chi connectivity index (χ1v) is 11.4. The molecule has 1 atom stereocenters. The number of nitrogens with two attached hydrogens (primary N) is 1. The molecule has 0 saturated heterocycles. The first-order valence-electron chi connectivity index (χ1n) is 11.4. The summed E-state index contributed by atoms with van der Waals surface area (Å²) in [5.74, 6) is -2.24. The van der Waals surface area contributed by atoms with Crippen molar-refractivity contribution in [3.63, 3.8) is 0 Å². The van der Waals surface area contributed by atoms with Gasteiger partial charge in [-0.2, -0.15) is 5.26 Å². The number of halogens is 3. The average Bonchev–Trinajstić information content (AvgIpc) is 2.89. The first kappa shape index (κ1) is 24.5. The van der Waals surface area contributed by atoms with Crippen LogP contribution in [0.25, 0.3) is 27.8 Å². The van der Waals surface area contributed by atoms with Crippen molar-refractivity contribution in [2.45, 2.75) is 13.0 Å². The fourth-order valence-corrected chi connectivity index (χ4v) is 4.56. The van der Waals surface area contributed by atoms with E-state index in [0.717, 1.165) is 34.9 Å². The number of nitriles is 1. The SMILES string of the molecule is C[C@H](Nc1ncnc(N)c1C#N)c1c(-c2ccccc2)c(=O)n2cc(F)ccc2c1-c1cc(F)cc(F)c1. The number of anilines is 2. The highest BCUT2D eigenvalue weighted by Crippen LogP contribution is 2.39. The summed E-state index contributed by atoms with van der Waals surface area (Å²) in [6.45, 7) is 1.71. The molecule has 188 valence electrons. The number of hydrogen-bond donors (Lipinski definition) is 2. The lowest BCUT2D eigenvalue weighted by Gasteiger charge is -2.24. The van der Waals surface area contributed by atoms with E-state index < -0.39 is 29.1 Å². The van der Waals surface area contributed by atoms with Crippen LogP contribution in [0.4, 0.5) is 24.8 Å². The van der Waals surface area contributed by atoms with Crippen LogP contribution < -0.4 is 16.6 Å². The van der Waals surface area contributed by atoms with Crippen molar-refractivity contribution in [1.29, 1.82) is 5.26 Å². The highest BCUT2D eigenvalue weighted by molar-refractivity contribution is 5.89. The van der Waals surface area contributed by atoms with Crippen molar-refractivity contribution in [3.8, 4) is 28.3 Å². The molecule has 38 heavy (non-hydrogen) atoms. The van der Waals surface area contributed by atoms with Crippen molar-refractivity contribution in [3.05, 3.63) is 112 Å². The van der Waals surface area contributed by atoms with Crippen molar-refractivity contribution >= 4 is 17.2 Å². The first-order chi connectivity index (χ1) is 18.3. The minimum Gasteiger partial charge on any atom is -0.382 e. The Labute approximate surface area is 214 Å². The molecule has 0 saturated carbocycles. The lowest BCUT2D eigenvalue weighted by Crippen LogP contribution is -2.23. The quantitative estimate of drug-likeness (QED) is 0.323. The maximum atomic E-state index is 14.5. The fraction of sp³-hybridized carbons (Fsp3) is 0.0714. The normalized spacial score (nSPS) is 11.8. The van der Waals surface area contributed by atoms with Gasteiger partial charge in [-0.25, -0.2) is 23.1 Å². The number of pyridine rings is 2. The summed E-state index contributed by atoms with van der Waals surface area (Å²) >= 11 is 0. The van der Waals surface area contributed by atoms with Crippen LogP contribution in [-0.4, -0.2) is 14.4 Å². The molecular weight excluding hydrogens is 493 g/mol. The Morgan fingerprint density at radius 1 is 0.947 bits per heavy atom. The molecule has 2 aromatic carbocycles. The van der Waals surface area contributed by atoms with Crippen molar-refractivity contribution in [2.24, 2.45) is 0 Å². The molecule has 10 heteroatoms. The van der Waals surface area contributed by atoms with Crippen molar-refractivity contribution < 1.29 is 13.2 Å². The van der Waals surface area contributed by atoms with Gasteiger partial charge in [-0.15, -0.1) is 0 Å². The van der Waals surface area contributed by atoms with Gasteiger partial charge in [-0.1, -0.05) is 30.3 Å². The molecule has 0 spiro atoms. The largest absolute Gasteiger partial charge is 0.382 e. The second kappa shape index (κ2) is 9.71. The van der Waals surface area contributed by atoms with Gasteiger partial charge in [0.1, 0.15) is 47.0 Å². The number of rotatable bonds is 5. The van der Waals surface area contributed by atoms with Gasteiger partial charge in [-0.05, 0) is 47.9 Å². The van der Waals surface area contributed by atoms with E-state index in [1.165, 1.54) is 12.4 Å². The molecule has 0 amide bonds. The van der Waals surface area contributed by atoms with E-state index in [2.05, 4.69) is 15.3 Å². The molecule has 0 aliphatic carbocycles. The standard InChI is InChI=1S/C28H19F3N6O/c1-15(36-27-21(12-32)26(33)34-14-35-27)23-24(17-9-19(30)11-20(31)10-17)22-8-7-18(29)13-37(22)28(38)25(23)16-5-3-2-4-6-16/h2-11,13-15H,1H3,(H3,33,34,35,36)/t15-/m0/s1. The molecule has 0 fully saturated rings. The van der Waals surface area contributed by atoms with E-state index in [1.54, 1.807) is 37.3 Å². The third-order valence-electron chi connectivity index (χ3n) is 6.13. The maximum absolute atomic E-state index is 14.5. The van der Waals surface area contributed by atoms with E-state index in [0.29, 0.717) is 16.7 Å². The zero-order valence-corrected chi connectivity index (χ0v) is 19.9. The van der Waals surface area contributed by atoms with E-state index >= 15 is 0 Å². The van der Waals surface area contributed by atoms with Crippen LogP contribution in [0, 0.1) is 28.8 Å². The zero-order chi connectivity index (χ0) is 27.0. The molecule has 5 aromatic rings. The van der Waals surface area contributed by atoms with E-state index in [9.17, 15) is 23.2 Å². The second-order valence-corrected chi connectivity index (χ2v) is 8.56. The average molecular weight is 512 g/mol. The van der Waals surface area contributed by atoms with Gasteiger partial charge in [0, 0.05) is 17.8 Å². The molecule has 3 heterocycles. The van der Waals surface area contributed by atoms with Gasteiger partial charge in [0.15, 0.2) is 0 Å². The van der Waals surface area contributed by atoms with Gasteiger partial charge in [0.05, 0.1) is 17.1 Å². The van der Waals surface area contributed by atoms with Gasteiger partial charge >= 0.3 is 0 Å². The molecule has 0 unspecified atom stereocenters. The monoisotopic (exact) mass is 512 g/mol. The molecule has 7 nitrogen and oxygen atoms in total. The summed E-state index contributed by atoms with van der Waals surface area (Å²) in [5, 5.41) is 12.7. The molecule has 5 rings (SSSR count). The van der Waals surface area contributed by atoms with Gasteiger partial charge in [0.25, 0.3) is 5.56 Å². The zero-order valence-electron chi connectivity index (χ0n) is 19.9.